The van der Waals surface area contributed by atoms with Crippen LogP contribution in [0.4, 0.5) is 0 Å². The van der Waals surface area contributed by atoms with Gasteiger partial charge in [-0.25, -0.2) is 0 Å². The van der Waals surface area contributed by atoms with Crippen LogP contribution in [0.2, 0.25) is 0 Å². The molecule has 6 heteroatoms. The van der Waals surface area contributed by atoms with Gasteiger partial charge < -0.3 is 9.84 Å². The topological polar surface area (TPSA) is 46.8 Å². The van der Waals surface area contributed by atoms with Crippen molar-refractivity contribution in [2.45, 2.75) is 11.5 Å². The molecule has 3 rings (SSSR count). The summed E-state index contributed by atoms with van der Waals surface area (Å²) < 4.78 is 7.59. The van der Waals surface area contributed by atoms with E-state index in [4.69, 9.17) is 4.74 Å². The molecule has 0 saturated carbocycles. The van der Waals surface area contributed by atoms with Crippen LogP contribution in [0.25, 0.3) is 4.96 Å². The standard InChI is InChI=1S/C13H12N2O2S2/c1-18-10-4-2-9(3-5-10)17-12-11(8-16)15-6-7-19-13(15)14-12/h2-7,16H,8H2,1H3. The minimum absolute atomic E-state index is 0.101. The van der Waals surface area contributed by atoms with E-state index in [1.54, 1.807) is 11.8 Å². The van der Waals surface area contributed by atoms with Crippen LogP contribution in [0.15, 0.2) is 40.7 Å². The Balaban J connectivity index is 1.93. The van der Waals surface area contributed by atoms with E-state index in [-0.39, 0.29) is 6.61 Å². The molecule has 3 aromatic rings. The molecular weight excluding hydrogens is 280 g/mol. The van der Waals surface area contributed by atoms with Crippen molar-refractivity contribution in [3.05, 3.63) is 41.5 Å². The third-order valence-corrected chi connectivity index (χ3v) is 4.25. The van der Waals surface area contributed by atoms with Crippen LogP contribution in [0.5, 0.6) is 11.6 Å². The van der Waals surface area contributed by atoms with Crippen LogP contribution in [-0.4, -0.2) is 20.7 Å². The Bertz CT molecular complexity index is 688. The van der Waals surface area contributed by atoms with E-state index in [0.29, 0.717) is 11.6 Å². The number of hydrogen-bond acceptors (Lipinski definition) is 5. The van der Waals surface area contributed by atoms with E-state index in [2.05, 4.69) is 4.98 Å². The van der Waals surface area contributed by atoms with Crippen molar-refractivity contribution in [1.29, 1.82) is 0 Å². The first-order valence-corrected chi connectivity index (χ1v) is 7.79. The van der Waals surface area contributed by atoms with Crippen molar-refractivity contribution < 1.29 is 9.84 Å². The monoisotopic (exact) mass is 292 g/mol. The lowest BCUT2D eigenvalue weighted by molar-refractivity contribution is 0.270. The molecule has 0 spiro atoms. The molecule has 0 aliphatic carbocycles. The van der Waals surface area contributed by atoms with Gasteiger partial charge in [-0.1, -0.05) is 0 Å². The highest BCUT2D eigenvalue weighted by atomic mass is 32.2. The molecule has 0 unspecified atom stereocenters. The molecule has 0 amide bonds. The summed E-state index contributed by atoms with van der Waals surface area (Å²) in [5.74, 6) is 1.18. The lowest BCUT2D eigenvalue weighted by Crippen LogP contribution is -1.93. The summed E-state index contributed by atoms with van der Waals surface area (Å²) in [6.07, 6.45) is 3.91. The number of aliphatic hydroxyl groups excluding tert-OH is 1. The molecule has 4 nitrogen and oxygen atoms in total. The number of thioether (sulfide) groups is 1. The number of aromatic nitrogens is 2. The van der Waals surface area contributed by atoms with Gasteiger partial charge in [-0.3, -0.25) is 4.40 Å². The van der Waals surface area contributed by atoms with Gasteiger partial charge in [0, 0.05) is 16.5 Å². The number of nitrogens with zero attached hydrogens (tertiary/aromatic N) is 2. The third kappa shape index (κ3) is 2.34. The number of ether oxygens (including phenoxy) is 1. The highest BCUT2D eigenvalue weighted by Crippen LogP contribution is 2.28. The summed E-state index contributed by atoms with van der Waals surface area (Å²) in [5, 5.41) is 11.4. The molecule has 2 aromatic heterocycles. The summed E-state index contributed by atoms with van der Waals surface area (Å²) in [6.45, 7) is -0.101. The highest BCUT2D eigenvalue weighted by molar-refractivity contribution is 7.98. The summed E-state index contributed by atoms with van der Waals surface area (Å²) >= 11 is 3.19. The van der Waals surface area contributed by atoms with Crippen LogP contribution in [0, 0.1) is 0 Å². The molecule has 1 N–H and O–H groups in total. The molecule has 0 radical (unpaired) electrons. The molecule has 0 atom stereocenters. The molecule has 0 bridgehead atoms. The number of fused-ring (bicyclic) bond motifs is 1. The minimum Gasteiger partial charge on any atom is -0.437 e. The van der Waals surface area contributed by atoms with E-state index in [9.17, 15) is 5.11 Å². The maximum absolute atomic E-state index is 9.44. The fourth-order valence-electron chi connectivity index (χ4n) is 1.79. The maximum Gasteiger partial charge on any atom is 0.244 e. The summed E-state index contributed by atoms with van der Waals surface area (Å²) in [6, 6.07) is 7.80. The molecule has 98 valence electrons. The molecule has 0 aliphatic rings. The van der Waals surface area contributed by atoms with Gasteiger partial charge in [0.1, 0.15) is 11.4 Å². The third-order valence-electron chi connectivity index (χ3n) is 2.75. The molecule has 0 fully saturated rings. The maximum atomic E-state index is 9.44. The summed E-state index contributed by atoms with van der Waals surface area (Å²) in [5.41, 5.74) is 0.671. The Kier molecular flexibility index (Phi) is 3.46. The van der Waals surface area contributed by atoms with E-state index < -0.39 is 0 Å². The second-order valence-corrected chi connectivity index (χ2v) is 5.61. The number of aliphatic hydroxyl groups is 1. The van der Waals surface area contributed by atoms with Gasteiger partial charge in [0.2, 0.25) is 5.88 Å². The van der Waals surface area contributed by atoms with Gasteiger partial charge in [0.15, 0.2) is 4.96 Å². The average Bonchev–Trinajstić information content (AvgIpc) is 3.00. The van der Waals surface area contributed by atoms with E-state index >= 15 is 0 Å². The van der Waals surface area contributed by atoms with E-state index in [1.165, 1.54) is 16.2 Å². The second-order valence-electron chi connectivity index (χ2n) is 3.85. The highest BCUT2D eigenvalue weighted by Gasteiger charge is 2.14. The Morgan fingerprint density at radius 1 is 1.37 bits per heavy atom. The van der Waals surface area contributed by atoms with Crippen molar-refractivity contribution in [3.8, 4) is 11.6 Å². The predicted octanol–water partition coefficient (Wildman–Crippen LogP) is 3.40. The Morgan fingerprint density at radius 3 is 2.84 bits per heavy atom. The number of thiazole rings is 1. The lowest BCUT2D eigenvalue weighted by atomic mass is 10.3. The molecule has 19 heavy (non-hydrogen) atoms. The average molecular weight is 292 g/mol. The number of benzene rings is 1. The quantitative estimate of drug-likeness (QED) is 0.749. The normalized spacial score (nSPS) is 11.1. The zero-order chi connectivity index (χ0) is 13.2. The number of hydrogen-bond donors (Lipinski definition) is 1. The summed E-state index contributed by atoms with van der Waals surface area (Å²) in [4.78, 5) is 6.38. The SMILES string of the molecule is CSc1ccc(Oc2nc3sccn3c2CO)cc1. The summed E-state index contributed by atoms with van der Waals surface area (Å²) in [7, 11) is 0. The first kappa shape index (κ1) is 12.5. The van der Waals surface area contributed by atoms with Crippen LogP contribution in [0.1, 0.15) is 5.69 Å². The minimum atomic E-state index is -0.101. The van der Waals surface area contributed by atoms with Crippen molar-refractivity contribution in [1.82, 2.24) is 9.38 Å². The van der Waals surface area contributed by atoms with Crippen molar-refractivity contribution >= 4 is 28.1 Å². The zero-order valence-electron chi connectivity index (χ0n) is 10.2. The largest absolute Gasteiger partial charge is 0.437 e. The molecule has 2 heterocycles. The number of imidazole rings is 1. The smallest absolute Gasteiger partial charge is 0.244 e. The molecule has 1 aromatic carbocycles. The lowest BCUT2D eigenvalue weighted by Gasteiger charge is -2.05. The van der Waals surface area contributed by atoms with E-state index in [1.807, 2.05) is 46.5 Å². The van der Waals surface area contributed by atoms with Gasteiger partial charge in [-0.15, -0.1) is 23.1 Å². The molecule has 0 aliphatic heterocycles. The second kappa shape index (κ2) is 5.24. The van der Waals surface area contributed by atoms with Gasteiger partial charge in [-0.05, 0) is 30.5 Å². The molecular formula is C13H12N2O2S2. The Labute approximate surface area is 118 Å². The predicted molar refractivity (Wildman–Crippen MR) is 77.3 cm³/mol. The Hall–Kier alpha value is -1.50. The van der Waals surface area contributed by atoms with Crippen molar-refractivity contribution in [2.75, 3.05) is 6.26 Å². The van der Waals surface area contributed by atoms with E-state index in [0.717, 1.165) is 10.7 Å². The zero-order valence-corrected chi connectivity index (χ0v) is 11.9. The van der Waals surface area contributed by atoms with Crippen LogP contribution >= 0.6 is 23.1 Å². The first-order valence-electron chi connectivity index (χ1n) is 5.69. The van der Waals surface area contributed by atoms with Crippen molar-refractivity contribution in [3.63, 3.8) is 0 Å². The van der Waals surface area contributed by atoms with Gasteiger partial charge in [0.25, 0.3) is 0 Å². The Morgan fingerprint density at radius 2 is 2.16 bits per heavy atom. The van der Waals surface area contributed by atoms with Crippen LogP contribution in [0.3, 0.4) is 0 Å². The van der Waals surface area contributed by atoms with Crippen LogP contribution < -0.4 is 4.74 Å². The van der Waals surface area contributed by atoms with Crippen molar-refractivity contribution in [2.24, 2.45) is 0 Å². The first-order chi connectivity index (χ1) is 9.31. The van der Waals surface area contributed by atoms with Crippen LogP contribution in [-0.2, 0) is 6.61 Å². The number of rotatable bonds is 4. The fourth-order valence-corrected chi connectivity index (χ4v) is 2.93. The fraction of sp³-hybridized carbons (Fsp3) is 0.154. The van der Waals surface area contributed by atoms with Gasteiger partial charge in [-0.2, -0.15) is 4.98 Å². The van der Waals surface area contributed by atoms with Gasteiger partial charge >= 0.3 is 0 Å². The molecule has 0 saturated heterocycles. The van der Waals surface area contributed by atoms with Gasteiger partial charge in [0.05, 0.1) is 6.61 Å².